The maximum Gasteiger partial charge on any atom is 0.235 e. The quantitative estimate of drug-likeness (QED) is 0.507. The van der Waals surface area contributed by atoms with Crippen LogP contribution in [0.1, 0.15) is 19.0 Å². The van der Waals surface area contributed by atoms with E-state index in [1.165, 1.54) is 33.8 Å². The fourth-order valence-corrected chi connectivity index (χ4v) is 5.91. The number of thiazole rings is 1. The van der Waals surface area contributed by atoms with Crippen molar-refractivity contribution >= 4 is 38.6 Å². The molecule has 1 aromatic heterocycles. The molecule has 0 unspecified atom stereocenters. The minimum Gasteiger partial charge on any atom is -0.506 e. The number of anilines is 2. The Morgan fingerprint density at radius 1 is 1.28 bits per heavy atom. The zero-order valence-electron chi connectivity index (χ0n) is 17.4. The summed E-state index contributed by atoms with van der Waals surface area (Å²) in [4.78, 5) is 17.1. The Kier molecular flexibility index (Phi) is 6.33. The van der Waals surface area contributed by atoms with Crippen LogP contribution >= 0.6 is 11.3 Å². The third kappa shape index (κ3) is 4.71. The summed E-state index contributed by atoms with van der Waals surface area (Å²) in [6.07, 6.45) is 0.558. The molecule has 4 rings (SSSR count). The van der Waals surface area contributed by atoms with Gasteiger partial charge in [0.25, 0.3) is 0 Å². The maximum absolute atomic E-state index is 12.6. The van der Waals surface area contributed by atoms with Crippen LogP contribution in [-0.4, -0.2) is 43.3 Å². The van der Waals surface area contributed by atoms with Crippen molar-refractivity contribution < 1.29 is 23.1 Å². The first kappa shape index (κ1) is 22.1. The van der Waals surface area contributed by atoms with E-state index in [0.29, 0.717) is 31.0 Å². The number of sulfonamides is 1. The van der Waals surface area contributed by atoms with Crippen molar-refractivity contribution in [1.82, 2.24) is 4.98 Å². The van der Waals surface area contributed by atoms with E-state index in [9.17, 15) is 18.3 Å². The van der Waals surface area contributed by atoms with Gasteiger partial charge in [-0.3, -0.25) is 9.10 Å². The third-order valence-corrected chi connectivity index (χ3v) is 7.75. The average molecular weight is 474 g/mol. The van der Waals surface area contributed by atoms with Gasteiger partial charge in [-0.1, -0.05) is 12.1 Å². The molecule has 8 nitrogen and oxygen atoms in total. The van der Waals surface area contributed by atoms with E-state index < -0.39 is 10.0 Å². The topological polar surface area (TPSA) is 109 Å². The number of para-hydroxylation sites is 1. The third-order valence-electron chi connectivity index (χ3n) is 4.95. The number of amides is 1. The van der Waals surface area contributed by atoms with E-state index in [1.807, 2.05) is 36.6 Å². The van der Waals surface area contributed by atoms with Crippen molar-refractivity contribution in [2.75, 3.05) is 28.5 Å². The highest BCUT2D eigenvalue weighted by Gasteiger charge is 2.29. The van der Waals surface area contributed by atoms with Crippen LogP contribution in [0.3, 0.4) is 0 Å². The van der Waals surface area contributed by atoms with E-state index >= 15 is 0 Å². The van der Waals surface area contributed by atoms with Gasteiger partial charge in [-0.2, -0.15) is 0 Å². The van der Waals surface area contributed by atoms with Crippen molar-refractivity contribution in [2.45, 2.75) is 19.8 Å². The van der Waals surface area contributed by atoms with Gasteiger partial charge in [0, 0.05) is 11.9 Å². The molecule has 2 N–H and O–H groups in total. The molecule has 2 aromatic carbocycles. The van der Waals surface area contributed by atoms with Crippen LogP contribution in [0.25, 0.3) is 10.6 Å². The van der Waals surface area contributed by atoms with Crippen molar-refractivity contribution in [3.8, 4) is 22.1 Å². The molecule has 0 bridgehead atoms. The number of phenols is 1. The van der Waals surface area contributed by atoms with Crippen molar-refractivity contribution in [1.29, 1.82) is 0 Å². The maximum atomic E-state index is 12.6. The van der Waals surface area contributed by atoms with Gasteiger partial charge >= 0.3 is 0 Å². The number of carbonyl (C=O) groups is 1. The molecule has 1 aliphatic heterocycles. The molecule has 1 fully saturated rings. The Morgan fingerprint density at radius 3 is 2.84 bits per heavy atom. The molecule has 0 radical (unpaired) electrons. The van der Waals surface area contributed by atoms with Gasteiger partial charge in [0.1, 0.15) is 16.5 Å². The monoisotopic (exact) mass is 473 g/mol. The first-order chi connectivity index (χ1) is 15.4. The van der Waals surface area contributed by atoms with Crippen molar-refractivity contribution in [3.05, 3.63) is 53.5 Å². The Hall–Kier alpha value is -3.11. The smallest absolute Gasteiger partial charge is 0.235 e. The Morgan fingerprint density at radius 2 is 2.09 bits per heavy atom. The number of rotatable bonds is 7. The van der Waals surface area contributed by atoms with E-state index in [1.54, 1.807) is 0 Å². The number of hydrogen-bond donors (Lipinski definition) is 2. The van der Waals surface area contributed by atoms with Crippen LogP contribution in [0.15, 0.2) is 47.8 Å². The number of aromatic nitrogens is 1. The van der Waals surface area contributed by atoms with Gasteiger partial charge in [0.2, 0.25) is 15.9 Å². The van der Waals surface area contributed by atoms with Gasteiger partial charge < -0.3 is 15.2 Å². The average Bonchev–Trinajstić information content (AvgIpc) is 3.36. The van der Waals surface area contributed by atoms with Gasteiger partial charge in [0.15, 0.2) is 0 Å². The lowest BCUT2D eigenvalue weighted by atomic mass is 10.2. The molecule has 10 heteroatoms. The number of carbonyl (C=O) groups excluding carboxylic acids is 1. The second-order valence-electron chi connectivity index (χ2n) is 7.24. The lowest BCUT2D eigenvalue weighted by molar-refractivity contribution is -0.115. The highest BCUT2D eigenvalue weighted by atomic mass is 32.2. The number of nitrogens with one attached hydrogen (secondary N) is 1. The van der Waals surface area contributed by atoms with Crippen molar-refractivity contribution in [3.63, 3.8) is 0 Å². The first-order valence-corrected chi connectivity index (χ1v) is 12.7. The van der Waals surface area contributed by atoms with Gasteiger partial charge in [0.05, 0.1) is 41.4 Å². The summed E-state index contributed by atoms with van der Waals surface area (Å²) >= 11 is 1.42. The van der Waals surface area contributed by atoms with Gasteiger partial charge in [-0.15, -0.1) is 11.3 Å². The van der Waals surface area contributed by atoms with Crippen LogP contribution in [0, 0.1) is 0 Å². The number of aromatic hydroxyl groups is 1. The summed E-state index contributed by atoms with van der Waals surface area (Å²) in [6, 6.07) is 12.0. The molecule has 0 spiro atoms. The van der Waals surface area contributed by atoms with E-state index in [2.05, 4.69) is 10.3 Å². The molecule has 0 saturated carbocycles. The lowest BCUT2D eigenvalue weighted by Gasteiger charge is -2.18. The molecule has 168 valence electrons. The zero-order chi connectivity index (χ0) is 22.7. The predicted molar refractivity (Wildman–Crippen MR) is 125 cm³/mol. The molecule has 0 aliphatic carbocycles. The fraction of sp³-hybridized carbons (Fsp3) is 0.273. The second-order valence-corrected chi connectivity index (χ2v) is 10.1. The highest BCUT2D eigenvalue weighted by Crippen LogP contribution is 2.34. The summed E-state index contributed by atoms with van der Waals surface area (Å²) < 4.78 is 31.3. The first-order valence-electron chi connectivity index (χ1n) is 10.2. The largest absolute Gasteiger partial charge is 0.506 e. The Labute approximate surface area is 190 Å². The van der Waals surface area contributed by atoms with Crippen molar-refractivity contribution in [2.24, 2.45) is 0 Å². The van der Waals surface area contributed by atoms with Crippen LogP contribution in [0.4, 0.5) is 11.4 Å². The SMILES string of the molecule is CCOc1ccccc1-c1nc(CC(=O)Nc2cc(N3CCCS3(=O)=O)ccc2O)cs1. The molecule has 0 atom stereocenters. The fourth-order valence-electron chi connectivity index (χ4n) is 3.50. The van der Waals surface area contributed by atoms with Crippen LogP contribution in [-0.2, 0) is 21.2 Å². The molecular formula is C22H23N3O5S2. The Bertz CT molecular complexity index is 1240. The predicted octanol–water partition coefficient (Wildman–Crippen LogP) is 3.64. The van der Waals surface area contributed by atoms with Crippen LogP contribution in [0.2, 0.25) is 0 Å². The van der Waals surface area contributed by atoms with E-state index in [0.717, 1.165) is 16.3 Å². The molecule has 2 heterocycles. The number of phenolic OH excluding ortho intramolecular Hbond substituents is 1. The van der Waals surface area contributed by atoms with E-state index in [-0.39, 0.29) is 29.5 Å². The molecule has 32 heavy (non-hydrogen) atoms. The van der Waals surface area contributed by atoms with E-state index in [4.69, 9.17) is 4.74 Å². The molecule has 3 aromatic rings. The summed E-state index contributed by atoms with van der Waals surface area (Å²) in [5.41, 5.74) is 2.03. The summed E-state index contributed by atoms with van der Waals surface area (Å²) in [5.74, 6) is 0.327. The normalized spacial score (nSPS) is 15.0. The lowest BCUT2D eigenvalue weighted by Crippen LogP contribution is -2.25. The number of nitrogens with zero attached hydrogens (tertiary/aromatic N) is 2. The molecular weight excluding hydrogens is 450 g/mol. The minimum atomic E-state index is -3.36. The number of benzene rings is 2. The number of hydrogen-bond acceptors (Lipinski definition) is 7. The summed E-state index contributed by atoms with van der Waals surface area (Å²) in [7, 11) is -3.36. The highest BCUT2D eigenvalue weighted by molar-refractivity contribution is 7.93. The van der Waals surface area contributed by atoms with Gasteiger partial charge in [-0.05, 0) is 43.7 Å². The zero-order valence-corrected chi connectivity index (χ0v) is 19.1. The second kappa shape index (κ2) is 9.17. The summed E-state index contributed by atoms with van der Waals surface area (Å²) in [5, 5.41) is 15.4. The molecule has 1 aliphatic rings. The molecule has 1 amide bonds. The standard InChI is InChI=1S/C22H23N3O5S2/c1-2-30-20-7-4-3-6-17(20)22-23-15(14-31-22)12-21(27)24-18-13-16(8-9-19(18)26)25-10-5-11-32(25,28)29/h3-4,6-9,13-14,26H,2,5,10-12H2,1H3,(H,24,27). The van der Waals surface area contributed by atoms with Gasteiger partial charge in [-0.25, -0.2) is 13.4 Å². The van der Waals surface area contributed by atoms with Crippen LogP contribution < -0.4 is 14.4 Å². The Balaban J connectivity index is 1.48. The number of ether oxygens (including phenoxy) is 1. The molecule has 1 saturated heterocycles. The summed E-state index contributed by atoms with van der Waals surface area (Å²) in [6.45, 7) is 2.84. The minimum absolute atomic E-state index is 0.0129. The van der Waals surface area contributed by atoms with Crippen LogP contribution in [0.5, 0.6) is 11.5 Å².